The predicted molar refractivity (Wildman–Crippen MR) is 77.6 cm³/mol. The zero-order valence-electron chi connectivity index (χ0n) is 11.6. The van der Waals surface area contributed by atoms with Crippen molar-refractivity contribution in [1.29, 1.82) is 0 Å². The molecular weight excluding hydrogens is 272 g/mol. The Morgan fingerprint density at radius 3 is 2.71 bits per heavy atom. The lowest BCUT2D eigenvalue weighted by molar-refractivity contribution is 0.0593. The molecule has 1 aromatic heterocycles. The highest BCUT2D eigenvalue weighted by Crippen LogP contribution is 2.18. The van der Waals surface area contributed by atoms with E-state index in [1.807, 2.05) is 24.3 Å². The molecule has 0 radical (unpaired) electrons. The lowest BCUT2D eigenvalue weighted by Gasteiger charge is -2.08. The molecule has 2 aromatic rings. The normalized spacial score (nSPS) is 10.0. The third kappa shape index (κ3) is 4.15. The Kier molecular flexibility index (Phi) is 5.05. The average molecular weight is 288 g/mol. The number of aromatic nitrogens is 2. The highest BCUT2D eigenvalue weighted by Gasteiger charge is 2.08. The fourth-order valence-corrected chi connectivity index (χ4v) is 1.59. The molecule has 7 nitrogen and oxygen atoms in total. The van der Waals surface area contributed by atoms with E-state index in [1.54, 1.807) is 0 Å². The Morgan fingerprint density at radius 1 is 1.29 bits per heavy atom. The molecule has 2 rings (SSSR count). The maximum Gasteiger partial charge on any atom is 0.358 e. The number of methoxy groups -OCH3 is 1. The number of nitrogens with two attached hydrogens (primary N) is 1. The largest absolute Gasteiger partial charge is 0.492 e. The van der Waals surface area contributed by atoms with Gasteiger partial charge in [0.05, 0.1) is 19.5 Å². The molecule has 0 aliphatic rings. The van der Waals surface area contributed by atoms with E-state index in [0.29, 0.717) is 19.0 Å². The minimum absolute atomic E-state index is 0.144. The number of anilines is 2. The van der Waals surface area contributed by atoms with Crippen molar-refractivity contribution in [2.75, 3.05) is 25.6 Å². The van der Waals surface area contributed by atoms with Crippen LogP contribution >= 0.6 is 0 Å². The topological polar surface area (TPSA) is 99.4 Å². The van der Waals surface area contributed by atoms with Crippen LogP contribution in [0.1, 0.15) is 10.5 Å². The zero-order valence-corrected chi connectivity index (χ0v) is 11.6. The van der Waals surface area contributed by atoms with Crippen molar-refractivity contribution < 1.29 is 14.3 Å². The third-order valence-corrected chi connectivity index (χ3v) is 2.54. The Labute approximate surface area is 122 Å². The first-order chi connectivity index (χ1) is 10.2. The summed E-state index contributed by atoms with van der Waals surface area (Å²) in [6.07, 6.45) is 2.87. The predicted octanol–water partition coefficient (Wildman–Crippen LogP) is 1.34. The lowest BCUT2D eigenvalue weighted by Crippen LogP contribution is -2.10. The summed E-state index contributed by atoms with van der Waals surface area (Å²) < 4.78 is 9.98. The molecule has 0 bridgehead atoms. The first kappa shape index (κ1) is 14.7. The summed E-state index contributed by atoms with van der Waals surface area (Å²) in [6, 6.07) is 7.29. The first-order valence-corrected chi connectivity index (χ1v) is 6.33. The number of carbonyl (C=O) groups is 1. The summed E-state index contributed by atoms with van der Waals surface area (Å²) >= 11 is 0. The van der Waals surface area contributed by atoms with Crippen LogP contribution in [0.2, 0.25) is 0 Å². The molecule has 0 fully saturated rings. The van der Waals surface area contributed by atoms with E-state index in [0.717, 1.165) is 11.4 Å². The second-order valence-corrected chi connectivity index (χ2v) is 4.07. The van der Waals surface area contributed by atoms with E-state index in [4.69, 9.17) is 10.5 Å². The van der Waals surface area contributed by atoms with Crippen LogP contribution in [0.3, 0.4) is 0 Å². The number of nitrogens with zero attached hydrogens (tertiary/aromatic N) is 2. The SMILES string of the molecule is COC(=O)c1cncc(Nc2ccc(OCCN)cc2)n1. The van der Waals surface area contributed by atoms with Crippen molar-refractivity contribution >= 4 is 17.5 Å². The van der Waals surface area contributed by atoms with Crippen LogP contribution in [0.15, 0.2) is 36.7 Å². The van der Waals surface area contributed by atoms with Gasteiger partial charge in [0.15, 0.2) is 5.69 Å². The molecule has 0 amide bonds. The van der Waals surface area contributed by atoms with Gasteiger partial charge in [-0.25, -0.2) is 9.78 Å². The van der Waals surface area contributed by atoms with Gasteiger partial charge in [-0.2, -0.15) is 0 Å². The highest BCUT2D eigenvalue weighted by molar-refractivity contribution is 5.87. The minimum Gasteiger partial charge on any atom is -0.492 e. The number of ether oxygens (including phenoxy) is 2. The molecule has 0 saturated carbocycles. The second-order valence-electron chi connectivity index (χ2n) is 4.07. The summed E-state index contributed by atoms with van der Waals surface area (Å²) in [6.45, 7) is 0.940. The standard InChI is InChI=1S/C14H16N4O3/c1-20-14(19)12-8-16-9-13(18-12)17-10-2-4-11(5-3-10)21-7-6-15/h2-5,8-9H,6-7,15H2,1H3,(H,17,18). The second kappa shape index (κ2) is 7.20. The Morgan fingerprint density at radius 2 is 2.05 bits per heavy atom. The molecule has 0 spiro atoms. The zero-order chi connectivity index (χ0) is 15.1. The quantitative estimate of drug-likeness (QED) is 0.774. The van der Waals surface area contributed by atoms with E-state index in [-0.39, 0.29) is 5.69 Å². The van der Waals surface area contributed by atoms with Crippen molar-refractivity contribution in [3.8, 4) is 5.75 Å². The van der Waals surface area contributed by atoms with E-state index in [9.17, 15) is 4.79 Å². The molecule has 1 aromatic carbocycles. The van der Waals surface area contributed by atoms with E-state index in [2.05, 4.69) is 20.0 Å². The number of hydrogen-bond donors (Lipinski definition) is 2. The molecular formula is C14H16N4O3. The molecule has 0 saturated heterocycles. The van der Waals surface area contributed by atoms with Gasteiger partial charge >= 0.3 is 5.97 Å². The van der Waals surface area contributed by atoms with Gasteiger partial charge < -0.3 is 20.5 Å². The van der Waals surface area contributed by atoms with Gasteiger partial charge in [0, 0.05) is 12.2 Å². The summed E-state index contributed by atoms with van der Waals surface area (Å²) in [5.41, 5.74) is 6.31. The number of carbonyl (C=O) groups excluding carboxylic acids is 1. The number of benzene rings is 1. The number of hydrogen-bond acceptors (Lipinski definition) is 7. The van der Waals surface area contributed by atoms with Gasteiger partial charge in [-0.15, -0.1) is 0 Å². The molecule has 3 N–H and O–H groups in total. The molecule has 0 atom stereocenters. The van der Waals surface area contributed by atoms with E-state index in [1.165, 1.54) is 19.5 Å². The van der Waals surface area contributed by atoms with Crippen LogP contribution in [0.25, 0.3) is 0 Å². The maximum atomic E-state index is 11.4. The Hall–Kier alpha value is -2.67. The van der Waals surface area contributed by atoms with Crippen LogP contribution in [0.4, 0.5) is 11.5 Å². The number of nitrogens with one attached hydrogen (secondary N) is 1. The van der Waals surface area contributed by atoms with Crippen molar-refractivity contribution in [3.63, 3.8) is 0 Å². The fraction of sp³-hybridized carbons (Fsp3) is 0.214. The minimum atomic E-state index is -0.531. The molecule has 0 unspecified atom stereocenters. The van der Waals surface area contributed by atoms with Crippen molar-refractivity contribution in [2.24, 2.45) is 5.73 Å². The smallest absolute Gasteiger partial charge is 0.358 e. The van der Waals surface area contributed by atoms with E-state index < -0.39 is 5.97 Å². The van der Waals surface area contributed by atoms with Crippen LogP contribution < -0.4 is 15.8 Å². The molecule has 0 aliphatic carbocycles. The van der Waals surface area contributed by atoms with Gasteiger partial charge in [-0.3, -0.25) is 4.98 Å². The Balaban J connectivity index is 2.06. The van der Waals surface area contributed by atoms with Gasteiger partial charge in [0.1, 0.15) is 18.2 Å². The van der Waals surface area contributed by atoms with Crippen molar-refractivity contribution in [1.82, 2.24) is 9.97 Å². The van der Waals surface area contributed by atoms with E-state index >= 15 is 0 Å². The summed E-state index contributed by atoms with van der Waals surface area (Å²) in [4.78, 5) is 19.4. The number of esters is 1. The van der Waals surface area contributed by atoms with Gasteiger partial charge in [-0.05, 0) is 24.3 Å². The van der Waals surface area contributed by atoms with Gasteiger partial charge in [0.2, 0.25) is 0 Å². The average Bonchev–Trinajstić information content (AvgIpc) is 2.53. The molecule has 110 valence electrons. The van der Waals surface area contributed by atoms with Crippen molar-refractivity contribution in [3.05, 3.63) is 42.4 Å². The monoisotopic (exact) mass is 288 g/mol. The van der Waals surface area contributed by atoms with Gasteiger partial charge in [0.25, 0.3) is 0 Å². The molecule has 7 heteroatoms. The Bertz CT molecular complexity index is 601. The van der Waals surface area contributed by atoms with Crippen LogP contribution in [0, 0.1) is 0 Å². The molecule has 1 heterocycles. The van der Waals surface area contributed by atoms with Crippen LogP contribution in [0.5, 0.6) is 5.75 Å². The van der Waals surface area contributed by atoms with Crippen LogP contribution in [-0.2, 0) is 4.74 Å². The molecule has 0 aliphatic heterocycles. The molecule has 21 heavy (non-hydrogen) atoms. The number of rotatable bonds is 6. The summed E-state index contributed by atoms with van der Waals surface area (Å²) in [7, 11) is 1.30. The lowest BCUT2D eigenvalue weighted by atomic mass is 10.3. The fourth-order valence-electron chi connectivity index (χ4n) is 1.59. The first-order valence-electron chi connectivity index (χ1n) is 6.33. The van der Waals surface area contributed by atoms with Crippen molar-refractivity contribution in [2.45, 2.75) is 0 Å². The maximum absolute atomic E-state index is 11.4. The summed E-state index contributed by atoms with van der Waals surface area (Å²) in [5.74, 6) is 0.658. The summed E-state index contributed by atoms with van der Waals surface area (Å²) in [5, 5.41) is 3.04. The van der Waals surface area contributed by atoms with Crippen LogP contribution in [-0.4, -0.2) is 36.2 Å². The third-order valence-electron chi connectivity index (χ3n) is 2.54. The van der Waals surface area contributed by atoms with Gasteiger partial charge in [-0.1, -0.05) is 0 Å². The highest BCUT2D eigenvalue weighted by atomic mass is 16.5.